The van der Waals surface area contributed by atoms with E-state index >= 15 is 0 Å². The van der Waals surface area contributed by atoms with Crippen LogP contribution in [0.1, 0.15) is 60.5 Å². The second-order valence-electron chi connectivity index (χ2n) is 7.42. The highest BCUT2D eigenvalue weighted by atomic mass is 35.5. The molecular weight excluding hydrogens is 386 g/mol. The van der Waals surface area contributed by atoms with Crippen molar-refractivity contribution in [2.45, 2.75) is 45.1 Å². The van der Waals surface area contributed by atoms with Crippen LogP contribution in [-0.2, 0) is 6.42 Å². The summed E-state index contributed by atoms with van der Waals surface area (Å²) in [5.74, 6) is 1.01. The molecule has 0 bridgehead atoms. The highest BCUT2D eigenvalue weighted by Crippen LogP contribution is 2.33. The smallest absolute Gasteiger partial charge is 0.254 e. The van der Waals surface area contributed by atoms with Gasteiger partial charge < -0.3 is 9.42 Å². The molecule has 2 aromatic carbocycles. The largest absolute Gasteiger partial charge is 0.337 e. The third-order valence-corrected chi connectivity index (χ3v) is 5.61. The second kappa shape index (κ2) is 8.78. The number of carbonyl (C=O) groups is 1. The third kappa shape index (κ3) is 4.35. The zero-order chi connectivity index (χ0) is 20.2. The summed E-state index contributed by atoms with van der Waals surface area (Å²) in [5, 5.41) is 4.76. The highest BCUT2D eigenvalue weighted by Gasteiger charge is 2.34. The lowest BCUT2D eigenvalue weighted by Gasteiger charge is -2.22. The zero-order valence-electron chi connectivity index (χ0n) is 16.5. The first kappa shape index (κ1) is 19.6. The van der Waals surface area contributed by atoms with Crippen LogP contribution in [0.4, 0.5) is 0 Å². The van der Waals surface area contributed by atoms with Crippen molar-refractivity contribution in [1.82, 2.24) is 15.0 Å². The van der Waals surface area contributed by atoms with Crippen molar-refractivity contribution in [3.63, 3.8) is 0 Å². The number of benzene rings is 2. The molecule has 29 heavy (non-hydrogen) atoms. The maximum absolute atomic E-state index is 13.1. The lowest BCUT2D eigenvalue weighted by molar-refractivity contribution is 0.0710. The van der Waals surface area contributed by atoms with Gasteiger partial charge in [0.25, 0.3) is 5.91 Å². The van der Waals surface area contributed by atoms with Gasteiger partial charge in [0.2, 0.25) is 11.7 Å². The Morgan fingerprint density at radius 3 is 2.66 bits per heavy atom. The van der Waals surface area contributed by atoms with Crippen LogP contribution in [0.25, 0.3) is 11.4 Å². The molecule has 6 heteroatoms. The van der Waals surface area contributed by atoms with E-state index in [0.717, 1.165) is 31.2 Å². The van der Waals surface area contributed by atoms with Crippen LogP contribution in [-0.4, -0.2) is 27.5 Å². The number of likely N-dealkylation sites (tertiary alicyclic amines) is 1. The first-order valence-corrected chi connectivity index (χ1v) is 10.5. The van der Waals surface area contributed by atoms with Gasteiger partial charge in [-0.3, -0.25) is 4.79 Å². The molecule has 3 aromatic rings. The van der Waals surface area contributed by atoms with Gasteiger partial charge in [-0.25, -0.2) is 0 Å². The maximum atomic E-state index is 13.1. The first-order chi connectivity index (χ1) is 14.2. The van der Waals surface area contributed by atoms with Crippen LogP contribution in [0.3, 0.4) is 0 Å². The quantitative estimate of drug-likeness (QED) is 0.523. The van der Waals surface area contributed by atoms with E-state index in [9.17, 15) is 4.79 Å². The summed E-state index contributed by atoms with van der Waals surface area (Å²) in [6.07, 6.45) is 5.12. The lowest BCUT2D eigenvalue weighted by Crippen LogP contribution is -2.30. The van der Waals surface area contributed by atoms with Gasteiger partial charge in [0.15, 0.2) is 0 Å². The van der Waals surface area contributed by atoms with Gasteiger partial charge in [0.05, 0.1) is 0 Å². The third-order valence-electron chi connectivity index (χ3n) is 5.36. The first-order valence-electron chi connectivity index (χ1n) is 10.1. The number of amides is 1. The average Bonchev–Trinajstić information content (AvgIpc) is 3.42. The standard InChI is InChI=1S/C23H24ClN3O2/c1-2-3-5-16-7-9-18(10-8-16)23(28)27-15-4-6-20(27)22-25-21(26-29-22)17-11-13-19(24)14-12-17/h7-14,20H,2-6,15H2,1H3. The summed E-state index contributed by atoms with van der Waals surface area (Å²) in [4.78, 5) is 19.5. The molecule has 0 radical (unpaired) electrons. The molecule has 5 nitrogen and oxygen atoms in total. The van der Waals surface area contributed by atoms with Crippen LogP contribution >= 0.6 is 11.6 Å². The van der Waals surface area contributed by atoms with Crippen molar-refractivity contribution >= 4 is 17.5 Å². The van der Waals surface area contributed by atoms with E-state index in [1.807, 2.05) is 29.2 Å². The molecule has 1 aromatic heterocycles. The molecule has 2 heterocycles. The van der Waals surface area contributed by atoms with E-state index in [1.165, 1.54) is 12.0 Å². The highest BCUT2D eigenvalue weighted by molar-refractivity contribution is 6.30. The van der Waals surface area contributed by atoms with Crippen molar-refractivity contribution in [2.75, 3.05) is 6.54 Å². The summed E-state index contributed by atoms with van der Waals surface area (Å²) in [6.45, 7) is 2.88. The van der Waals surface area contributed by atoms with Crippen LogP contribution < -0.4 is 0 Å². The summed E-state index contributed by atoms with van der Waals surface area (Å²) < 4.78 is 5.52. The van der Waals surface area contributed by atoms with Crippen molar-refractivity contribution in [2.24, 2.45) is 0 Å². The minimum atomic E-state index is -0.184. The van der Waals surface area contributed by atoms with E-state index in [2.05, 4.69) is 29.2 Å². The molecule has 150 valence electrons. The fraction of sp³-hybridized carbons (Fsp3) is 0.348. The molecule has 0 aliphatic carbocycles. The number of aryl methyl sites for hydroxylation is 1. The van der Waals surface area contributed by atoms with Gasteiger partial charge in [-0.05, 0) is 67.6 Å². The number of rotatable bonds is 6. The van der Waals surface area contributed by atoms with Crippen LogP contribution in [0, 0.1) is 0 Å². The summed E-state index contributed by atoms with van der Waals surface area (Å²) in [5.41, 5.74) is 2.81. The van der Waals surface area contributed by atoms with Crippen molar-refractivity contribution < 1.29 is 9.32 Å². The van der Waals surface area contributed by atoms with Gasteiger partial charge in [-0.1, -0.05) is 42.2 Å². The molecule has 1 aliphatic heterocycles. The van der Waals surface area contributed by atoms with E-state index in [-0.39, 0.29) is 11.9 Å². The molecule has 0 spiro atoms. The lowest BCUT2D eigenvalue weighted by atomic mass is 10.1. The van der Waals surface area contributed by atoms with Gasteiger partial charge in [0.1, 0.15) is 6.04 Å². The molecule has 1 fully saturated rings. The summed E-state index contributed by atoms with van der Waals surface area (Å²) >= 11 is 5.95. The molecular formula is C23H24ClN3O2. The Balaban J connectivity index is 1.50. The van der Waals surface area contributed by atoms with Gasteiger partial charge >= 0.3 is 0 Å². The molecule has 4 rings (SSSR count). The molecule has 1 saturated heterocycles. The number of hydrogen-bond donors (Lipinski definition) is 0. The van der Waals surface area contributed by atoms with E-state index in [4.69, 9.17) is 16.1 Å². The van der Waals surface area contributed by atoms with Crippen molar-refractivity contribution in [1.29, 1.82) is 0 Å². The van der Waals surface area contributed by atoms with Gasteiger partial charge in [-0.2, -0.15) is 4.98 Å². The Kier molecular flexibility index (Phi) is 5.95. The molecule has 1 amide bonds. The molecule has 0 N–H and O–H groups in total. The summed E-state index contributed by atoms with van der Waals surface area (Å²) in [7, 11) is 0. The fourth-order valence-electron chi connectivity index (χ4n) is 3.71. The minimum absolute atomic E-state index is 0.0146. The van der Waals surface area contributed by atoms with E-state index in [1.54, 1.807) is 12.1 Å². The van der Waals surface area contributed by atoms with Crippen molar-refractivity contribution in [3.8, 4) is 11.4 Å². The molecule has 1 unspecified atom stereocenters. The van der Waals surface area contributed by atoms with Gasteiger partial charge in [0, 0.05) is 22.7 Å². The molecule has 1 atom stereocenters. The van der Waals surface area contributed by atoms with Crippen LogP contribution in [0.5, 0.6) is 0 Å². The zero-order valence-corrected chi connectivity index (χ0v) is 17.2. The van der Waals surface area contributed by atoms with Gasteiger partial charge in [-0.15, -0.1) is 0 Å². The van der Waals surface area contributed by atoms with Crippen LogP contribution in [0.2, 0.25) is 5.02 Å². The number of hydrogen-bond acceptors (Lipinski definition) is 4. The number of halogens is 1. The number of unbranched alkanes of at least 4 members (excludes halogenated alkanes) is 1. The fourth-order valence-corrected chi connectivity index (χ4v) is 3.84. The minimum Gasteiger partial charge on any atom is -0.337 e. The Bertz CT molecular complexity index is 967. The predicted octanol–water partition coefficient (Wildman–Crippen LogP) is 5.71. The van der Waals surface area contributed by atoms with Crippen molar-refractivity contribution in [3.05, 3.63) is 70.6 Å². The summed E-state index contributed by atoms with van der Waals surface area (Å²) in [6, 6.07) is 15.1. The van der Waals surface area contributed by atoms with Crippen LogP contribution in [0.15, 0.2) is 53.1 Å². The molecule has 0 saturated carbocycles. The Hall–Kier alpha value is -2.66. The maximum Gasteiger partial charge on any atom is 0.254 e. The molecule has 1 aliphatic rings. The Labute approximate surface area is 175 Å². The number of carbonyl (C=O) groups excluding carboxylic acids is 1. The Morgan fingerprint density at radius 1 is 1.17 bits per heavy atom. The number of nitrogens with zero attached hydrogens (tertiary/aromatic N) is 3. The normalized spacial score (nSPS) is 16.3. The van der Waals surface area contributed by atoms with E-state index < -0.39 is 0 Å². The Morgan fingerprint density at radius 2 is 1.93 bits per heavy atom. The predicted molar refractivity (Wildman–Crippen MR) is 113 cm³/mol. The average molecular weight is 410 g/mol. The number of aromatic nitrogens is 2. The SMILES string of the molecule is CCCCc1ccc(C(=O)N2CCCC2c2nc(-c3ccc(Cl)cc3)no2)cc1. The van der Waals surface area contributed by atoms with E-state index in [0.29, 0.717) is 28.8 Å². The topological polar surface area (TPSA) is 59.2 Å². The monoisotopic (exact) mass is 409 g/mol. The second-order valence-corrected chi connectivity index (χ2v) is 7.86.